The van der Waals surface area contributed by atoms with Crippen LogP contribution in [0.2, 0.25) is 0 Å². The van der Waals surface area contributed by atoms with Crippen molar-refractivity contribution in [3.63, 3.8) is 0 Å². The molecule has 0 fully saturated rings. The molecule has 0 radical (unpaired) electrons. The van der Waals surface area contributed by atoms with Crippen molar-refractivity contribution < 1.29 is 5.11 Å². The molecule has 0 aliphatic carbocycles. The van der Waals surface area contributed by atoms with Gasteiger partial charge in [0.25, 0.3) is 0 Å². The van der Waals surface area contributed by atoms with Crippen LogP contribution in [-0.4, -0.2) is 27.0 Å². The summed E-state index contributed by atoms with van der Waals surface area (Å²) in [4.78, 5) is 0. The van der Waals surface area contributed by atoms with Gasteiger partial charge in [-0.2, -0.15) is 5.10 Å². The number of aromatic nitrogens is 2. The van der Waals surface area contributed by atoms with Crippen molar-refractivity contribution >= 4 is 0 Å². The molecule has 1 aromatic heterocycles. The Kier molecular flexibility index (Phi) is 4.33. The third-order valence-electron chi connectivity index (χ3n) is 2.85. The third kappa shape index (κ3) is 4.48. The first-order valence-corrected chi connectivity index (χ1v) is 6.25. The summed E-state index contributed by atoms with van der Waals surface area (Å²) in [5, 5.41) is 18.0. The van der Waals surface area contributed by atoms with Crippen LogP contribution in [0.5, 0.6) is 0 Å². The molecule has 4 nitrogen and oxygen atoms in total. The summed E-state index contributed by atoms with van der Waals surface area (Å²) >= 11 is 0. The molecule has 0 aliphatic rings. The van der Waals surface area contributed by atoms with E-state index in [1.807, 2.05) is 24.7 Å². The number of nitrogens with zero attached hydrogens (tertiary/aromatic N) is 2. The van der Waals surface area contributed by atoms with Crippen molar-refractivity contribution in [3.05, 3.63) is 18.0 Å². The van der Waals surface area contributed by atoms with Crippen molar-refractivity contribution in [2.45, 2.75) is 58.7 Å². The first-order valence-electron chi connectivity index (χ1n) is 6.25. The maximum Gasteiger partial charge on any atom is 0.0911 e. The van der Waals surface area contributed by atoms with Gasteiger partial charge in [-0.15, -0.1) is 0 Å². The highest BCUT2D eigenvalue weighted by molar-refractivity contribution is 5.13. The molecular formula is C13H25N3O. The standard InChI is InChI=1S/C13H25N3O/c1-6-16-10-11(9-15-16)13(5,17)7-8-14-12(2,3)4/h9-10,14,17H,6-8H2,1-5H3. The molecule has 1 aromatic rings. The van der Waals surface area contributed by atoms with E-state index in [0.29, 0.717) is 6.42 Å². The van der Waals surface area contributed by atoms with Gasteiger partial charge in [-0.1, -0.05) is 0 Å². The van der Waals surface area contributed by atoms with Gasteiger partial charge in [0.05, 0.1) is 11.8 Å². The fourth-order valence-electron chi connectivity index (χ4n) is 1.64. The normalized spacial score (nSPS) is 15.9. The fourth-order valence-corrected chi connectivity index (χ4v) is 1.64. The molecule has 1 heterocycles. The average Bonchev–Trinajstić information content (AvgIpc) is 2.63. The number of hydrogen-bond acceptors (Lipinski definition) is 3. The van der Waals surface area contributed by atoms with Crippen LogP contribution in [0.15, 0.2) is 12.4 Å². The summed E-state index contributed by atoms with van der Waals surface area (Å²) < 4.78 is 1.83. The van der Waals surface area contributed by atoms with Gasteiger partial charge in [-0.05, 0) is 47.6 Å². The van der Waals surface area contributed by atoms with Crippen molar-refractivity contribution in [3.8, 4) is 0 Å². The van der Waals surface area contributed by atoms with Crippen molar-refractivity contribution in [1.29, 1.82) is 0 Å². The molecule has 2 N–H and O–H groups in total. The van der Waals surface area contributed by atoms with E-state index < -0.39 is 5.60 Å². The Morgan fingerprint density at radius 3 is 2.47 bits per heavy atom. The zero-order valence-electron chi connectivity index (χ0n) is 11.6. The third-order valence-corrected chi connectivity index (χ3v) is 2.85. The Bertz CT molecular complexity index is 350. The summed E-state index contributed by atoms with van der Waals surface area (Å²) in [5.74, 6) is 0. The molecule has 0 bridgehead atoms. The Hall–Kier alpha value is -0.870. The van der Waals surface area contributed by atoms with E-state index in [1.165, 1.54) is 0 Å². The van der Waals surface area contributed by atoms with Gasteiger partial charge in [0.1, 0.15) is 0 Å². The van der Waals surface area contributed by atoms with Crippen LogP contribution < -0.4 is 5.32 Å². The topological polar surface area (TPSA) is 50.1 Å². The van der Waals surface area contributed by atoms with Crippen LogP contribution in [0, 0.1) is 0 Å². The maximum atomic E-state index is 10.4. The lowest BCUT2D eigenvalue weighted by molar-refractivity contribution is 0.0463. The quantitative estimate of drug-likeness (QED) is 0.825. The van der Waals surface area contributed by atoms with E-state index in [4.69, 9.17) is 0 Å². The molecule has 98 valence electrons. The molecule has 0 saturated carbocycles. The van der Waals surface area contributed by atoms with Crippen LogP contribution in [0.4, 0.5) is 0 Å². The highest BCUT2D eigenvalue weighted by atomic mass is 16.3. The minimum atomic E-state index is -0.814. The predicted octanol–water partition coefficient (Wildman–Crippen LogP) is 1.89. The average molecular weight is 239 g/mol. The number of rotatable bonds is 5. The molecule has 4 heteroatoms. The summed E-state index contributed by atoms with van der Waals surface area (Å²) in [6.45, 7) is 11.9. The van der Waals surface area contributed by atoms with Crippen molar-refractivity contribution in [2.24, 2.45) is 0 Å². The van der Waals surface area contributed by atoms with Crippen LogP contribution >= 0.6 is 0 Å². The summed E-state index contributed by atoms with van der Waals surface area (Å²) in [6.07, 6.45) is 4.34. The van der Waals surface area contributed by atoms with Gasteiger partial charge < -0.3 is 10.4 Å². The Balaban J connectivity index is 2.56. The number of nitrogens with one attached hydrogen (secondary N) is 1. The first kappa shape index (κ1) is 14.2. The van der Waals surface area contributed by atoms with Gasteiger partial charge >= 0.3 is 0 Å². The monoisotopic (exact) mass is 239 g/mol. The SMILES string of the molecule is CCn1cc(C(C)(O)CCNC(C)(C)C)cn1. The number of aliphatic hydroxyl groups is 1. The van der Waals surface area contributed by atoms with Gasteiger partial charge in [0, 0.05) is 23.8 Å². The predicted molar refractivity (Wildman–Crippen MR) is 69.8 cm³/mol. The van der Waals surface area contributed by atoms with Gasteiger partial charge in [0.15, 0.2) is 0 Å². The molecular weight excluding hydrogens is 214 g/mol. The second-order valence-electron chi connectivity index (χ2n) is 5.79. The lowest BCUT2D eigenvalue weighted by Crippen LogP contribution is -2.39. The molecule has 17 heavy (non-hydrogen) atoms. The second-order valence-corrected chi connectivity index (χ2v) is 5.79. The Labute approximate surface area is 104 Å². The Morgan fingerprint density at radius 1 is 1.35 bits per heavy atom. The van der Waals surface area contributed by atoms with Gasteiger partial charge in [-0.3, -0.25) is 4.68 Å². The van der Waals surface area contributed by atoms with Crippen LogP contribution in [0.1, 0.15) is 46.6 Å². The van der Waals surface area contributed by atoms with Gasteiger partial charge in [0.2, 0.25) is 0 Å². The first-order chi connectivity index (χ1) is 7.74. The minimum Gasteiger partial charge on any atom is -0.385 e. The van der Waals surface area contributed by atoms with Gasteiger partial charge in [-0.25, -0.2) is 0 Å². The molecule has 0 saturated heterocycles. The number of hydrogen-bond donors (Lipinski definition) is 2. The number of aryl methyl sites for hydroxylation is 1. The molecule has 0 amide bonds. The molecule has 1 rings (SSSR count). The van der Waals surface area contributed by atoms with E-state index in [1.54, 1.807) is 6.20 Å². The van der Waals surface area contributed by atoms with E-state index in [2.05, 4.69) is 31.2 Å². The van der Waals surface area contributed by atoms with Crippen molar-refractivity contribution in [1.82, 2.24) is 15.1 Å². The smallest absolute Gasteiger partial charge is 0.0911 e. The second kappa shape index (κ2) is 5.19. The largest absolute Gasteiger partial charge is 0.385 e. The molecule has 1 atom stereocenters. The van der Waals surface area contributed by atoms with E-state index in [9.17, 15) is 5.11 Å². The van der Waals surface area contributed by atoms with Crippen LogP contribution in [0.25, 0.3) is 0 Å². The highest BCUT2D eigenvalue weighted by Gasteiger charge is 2.25. The van der Waals surface area contributed by atoms with E-state index in [0.717, 1.165) is 18.7 Å². The summed E-state index contributed by atoms with van der Waals surface area (Å²) in [5.41, 5.74) is 0.157. The highest BCUT2D eigenvalue weighted by Crippen LogP contribution is 2.23. The van der Waals surface area contributed by atoms with E-state index >= 15 is 0 Å². The maximum absolute atomic E-state index is 10.4. The van der Waals surface area contributed by atoms with Crippen LogP contribution in [-0.2, 0) is 12.1 Å². The lowest BCUT2D eigenvalue weighted by Gasteiger charge is -2.26. The minimum absolute atomic E-state index is 0.0870. The molecule has 0 spiro atoms. The Morgan fingerprint density at radius 2 is 2.00 bits per heavy atom. The summed E-state index contributed by atoms with van der Waals surface area (Å²) in [6, 6.07) is 0. The van der Waals surface area contributed by atoms with E-state index in [-0.39, 0.29) is 5.54 Å². The molecule has 1 unspecified atom stereocenters. The summed E-state index contributed by atoms with van der Waals surface area (Å²) in [7, 11) is 0. The molecule has 0 aromatic carbocycles. The van der Waals surface area contributed by atoms with Crippen molar-refractivity contribution in [2.75, 3.05) is 6.54 Å². The zero-order valence-corrected chi connectivity index (χ0v) is 11.6. The fraction of sp³-hybridized carbons (Fsp3) is 0.769. The lowest BCUT2D eigenvalue weighted by atomic mass is 9.95. The molecule has 0 aliphatic heterocycles. The van der Waals surface area contributed by atoms with Crippen LogP contribution in [0.3, 0.4) is 0 Å². The zero-order chi connectivity index (χ0) is 13.1.